The predicted octanol–water partition coefficient (Wildman–Crippen LogP) is 1.69. The largest absolute Gasteiger partial charge is 0.339 e. The van der Waals surface area contributed by atoms with Gasteiger partial charge in [0.05, 0.1) is 9.82 Å². The van der Waals surface area contributed by atoms with Crippen molar-refractivity contribution in [1.82, 2.24) is 19.7 Å². The Morgan fingerprint density at radius 3 is 2.73 bits per heavy atom. The van der Waals surface area contributed by atoms with E-state index in [1.54, 1.807) is 28.6 Å². The number of nitro groups is 1. The van der Waals surface area contributed by atoms with Gasteiger partial charge in [-0.25, -0.2) is 0 Å². The highest BCUT2D eigenvalue weighted by Crippen LogP contribution is 2.34. The Morgan fingerprint density at radius 2 is 2.15 bits per heavy atom. The lowest BCUT2D eigenvalue weighted by Gasteiger charge is -2.31. The molecule has 0 saturated carbocycles. The molecule has 1 aromatic carbocycles. The van der Waals surface area contributed by atoms with Gasteiger partial charge in [0.2, 0.25) is 0 Å². The summed E-state index contributed by atoms with van der Waals surface area (Å²) in [5.41, 5.74) is 5.89. The molecule has 1 amide bonds. The van der Waals surface area contributed by atoms with Crippen molar-refractivity contribution in [3.05, 3.63) is 40.2 Å². The van der Waals surface area contributed by atoms with Crippen LogP contribution in [0.1, 0.15) is 23.2 Å². The molecule has 2 heterocycles. The van der Waals surface area contributed by atoms with Crippen LogP contribution >= 0.6 is 11.8 Å². The van der Waals surface area contributed by atoms with Crippen molar-refractivity contribution in [3.63, 3.8) is 0 Å². The molecule has 0 radical (unpaired) electrons. The normalized spacial score (nSPS) is 15.2. The van der Waals surface area contributed by atoms with Crippen LogP contribution in [0, 0.1) is 16.0 Å². The Morgan fingerprint density at radius 1 is 1.42 bits per heavy atom. The fraction of sp³-hybridized carbons (Fsp3) is 0.438. The zero-order chi connectivity index (χ0) is 18.7. The molecule has 0 aliphatic carbocycles. The number of nitro benzene ring substituents is 1. The summed E-state index contributed by atoms with van der Waals surface area (Å²) in [5, 5.41) is 19.7. The summed E-state index contributed by atoms with van der Waals surface area (Å²) >= 11 is 1.14. The van der Waals surface area contributed by atoms with E-state index >= 15 is 0 Å². The van der Waals surface area contributed by atoms with E-state index in [0.717, 1.165) is 24.6 Å². The number of hydrogen-bond donors (Lipinski definition) is 1. The van der Waals surface area contributed by atoms with Crippen molar-refractivity contribution in [2.45, 2.75) is 22.9 Å². The van der Waals surface area contributed by atoms with Gasteiger partial charge in [0.1, 0.15) is 6.33 Å². The molecule has 10 heteroatoms. The number of likely N-dealkylation sites (tertiary alicyclic amines) is 1. The van der Waals surface area contributed by atoms with Crippen LogP contribution in [-0.2, 0) is 7.05 Å². The summed E-state index contributed by atoms with van der Waals surface area (Å²) < 4.78 is 1.68. The maximum absolute atomic E-state index is 12.7. The van der Waals surface area contributed by atoms with Crippen molar-refractivity contribution in [2.24, 2.45) is 18.7 Å². The third kappa shape index (κ3) is 3.86. The van der Waals surface area contributed by atoms with Gasteiger partial charge in [0, 0.05) is 31.8 Å². The van der Waals surface area contributed by atoms with Gasteiger partial charge in [-0.2, -0.15) is 0 Å². The van der Waals surface area contributed by atoms with Crippen molar-refractivity contribution in [1.29, 1.82) is 0 Å². The Hall–Kier alpha value is -2.46. The van der Waals surface area contributed by atoms with Crippen LogP contribution in [-0.4, -0.2) is 50.1 Å². The smallest absolute Gasteiger partial charge is 0.284 e. The Balaban J connectivity index is 1.81. The molecule has 2 N–H and O–H groups in total. The van der Waals surface area contributed by atoms with Crippen molar-refractivity contribution in [2.75, 3.05) is 19.6 Å². The number of nitrogens with two attached hydrogens (primary N) is 1. The molecule has 0 bridgehead atoms. The van der Waals surface area contributed by atoms with Gasteiger partial charge in [-0.05, 0) is 49.2 Å². The molecule has 2 aromatic rings. The molecule has 9 nitrogen and oxygen atoms in total. The summed E-state index contributed by atoms with van der Waals surface area (Å²) in [6.45, 7) is 1.88. The van der Waals surface area contributed by atoms with E-state index < -0.39 is 4.92 Å². The Bertz CT molecular complexity index is 816. The number of carbonyl (C=O) groups is 1. The first-order valence-electron chi connectivity index (χ1n) is 8.29. The minimum Gasteiger partial charge on any atom is -0.339 e. The van der Waals surface area contributed by atoms with Gasteiger partial charge in [-0.1, -0.05) is 0 Å². The van der Waals surface area contributed by atoms with Gasteiger partial charge in [-0.3, -0.25) is 14.9 Å². The first kappa shape index (κ1) is 18.3. The summed E-state index contributed by atoms with van der Waals surface area (Å²) in [5.74, 6) is 0.261. The number of nitrogens with zero attached hydrogens (tertiary/aromatic N) is 5. The molecule has 1 fully saturated rings. The maximum atomic E-state index is 12.7. The molecule has 26 heavy (non-hydrogen) atoms. The number of piperidine rings is 1. The van der Waals surface area contributed by atoms with Crippen molar-refractivity contribution in [3.8, 4) is 0 Å². The van der Waals surface area contributed by atoms with Gasteiger partial charge in [-0.15, -0.1) is 10.2 Å². The summed E-state index contributed by atoms with van der Waals surface area (Å²) in [4.78, 5) is 25.9. The number of hydrogen-bond acceptors (Lipinski definition) is 7. The van der Waals surface area contributed by atoms with E-state index in [-0.39, 0.29) is 11.6 Å². The van der Waals surface area contributed by atoms with Crippen LogP contribution in [0.25, 0.3) is 0 Å². The standard InChI is InChI=1S/C16H20N6O3S/c1-20-10-18-19-16(20)26-14-3-2-12(8-13(14)22(24)25)15(23)21-6-4-11(9-17)5-7-21/h2-3,8,10-11H,4-7,9,17H2,1H3. The quantitative estimate of drug-likeness (QED) is 0.622. The summed E-state index contributed by atoms with van der Waals surface area (Å²) in [7, 11) is 1.76. The van der Waals surface area contributed by atoms with E-state index in [2.05, 4.69) is 10.2 Å². The lowest BCUT2D eigenvalue weighted by molar-refractivity contribution is -0.387. The van der Waals surface area contributed by atoms with Crippen LogP contribution in [0.15, 0.2) is 34.6 Å². The SMILES string of the molecule is Cn1cnnc1Sc1ccc(C(=O)N2CCC(CN)CC2)cc1[N+](=O)[O-]. The maximum Gasteiger partial charge on any atom is 0.284 e. The monoisotopic (exact) mass is 376 g/mol. The number of aromatic nitrogens is 3. The summed E-state index contributed by atoms with van der Waals surface area (Å²) in [6.07, 6.45) is 3.26. The Labute approximate surface area is 154 Å². The van der Waals surface area contributed by atoms with Gasteiger partial charge < -0.3 is 15.2 Å². The second kappa shape index (κ2) is 7.83. The van der Waals surface area contributed by atoms with E-state index in [1.807, 2.05) is 0 Å². The van der Waals surface area contributed by atoms with E-state index in [1.165, 1.54) is 12.4 Å². The molecule has 0 unspecified atom stereocenters. The molecule has 1 aliphatic rings. The third-order valence-corrected chi connectivity index (χ3v) is 5.63. The number of carbonyl (C=O) groups excluding carboxylic acids is 1. The Kier molecular flexibility index (Phi) is 5.52. The highest BCUT2D eigenvalue weighted by atomic mass is 32.2. The van der Waals surface area contributed by atoms with E-state index in [0.29, 0.717) is 41.2 Å². The van der Waals surface area contributed by atoms with Crippen LogP contribution in [0.3, 0.4) is 0 Å². The predicted molar refractivity (Wildman–Crippen MR) is 95.9 cm³/mol. The topological polar surface area (TPSA) is 120 Å². The van der Waals surface area contributed by atoms with E-state index in [4.69, 9.17) is 5.73 Å². The highest BCUT2D eigenvalue weighted by Gasteiger charge is 2.25. The zero-order valence-electron chi connectivity index (χ0n) is 14.4. The first-order valence-corrected chi connectivity index (χ1v) is 9.11. The molecule has 138 valence electrons. The molecule has 1 aromatic heterocycles. The average Bonchev–Trinajstić information content (AvgIpc) is 3.06. The van der Waals surface area contributed by atoms with E-state index in [9.17, 15) is 14.9 Å². The van der Waals surface area contributed by atoms with Gasteiger partial charge in [0.15, 0.2) is 5.16 Å². The molecular weight excluding hydrogens is 356 g/mol. The molecule has 0 spiro atoms. The summed E-state index contributed by atoms with van der Waals surface area (Å²) in [6, 6.07) is 4.57. The van der Waals surface area contributed by atoms with Crippen molar-refractivity contribution >= 4 is 23.4 Å². The number of aryl methyl sites for hydroxylation is 1. The minimum absolute atomic E-state index is 0.110. The number of benzene rings is 1. The van der Waals surface area contributed by atoms with Crippen LogP contribution in [0.5, 0.6) is 0 Å². The second-order valence-electron chi connectivity index (χ2n) is 6.24. The lowest BCUT2D eigenvalue weighted by Crippen LogP contribution is -2.40. The third-order valence-electron chi connectivity index (χ3n) is 4.51. The first-order chi connectivity index (χ1) is 12.5. The fourth-order valence-corrected chi connectivity index (χ4v) is 3.75. The second-order valence-corrected chi connectivity index (χ2v) is 7.25. The average molecular weight is 376 g/mol. The highest BCUT2D eigenvalue weighted by molar-refractivity contribution is 7.99. The fourth-order valence-electron chi connectivity index (χ4n) is 2.90. The number of amides is 1. The lowest BCUT2D eigenvalue weighted by atomic mass is 9.96. The van der Waals surface area contributed by atoms with Crippen LogP contribution in [0.4, 0.5) is 5.69 Å². The molecule has 1 aliphatic heterocycles. The number of rotatable bonds is 5. The van der Waals surface area contributed by atoms with Crippen LogP contribution < -0.4 is 5.73 Å². The molecule has 0 atom stereocenters. The molecule has 3 rings (SSSR count). The molecular formula is C16H20N6O3S. The molecule has 1 saturated heterocycles. The zero-order valence-corrected chi connectivity index (χ0v) is 15.2. The van der Waals surface area contributed by atoms with Gasteiger partial charge >= 0.3 is 0 Å². The van der Waals surface area contributed by atoms with Gasteiger partial charge in [0.25, 0.3) is 11.6 Å². The minimum atomic E-state index is -0.476. The van der Waals surface area contributed by atoms with Crippen LogP contribution in [0.2, 0.25) is 0 Å². The van der Waals surface area contributed by atoms with Crippen molar-refractivity contribution < 1.29 is 9.72 Å².